The first-order valence-corrected chi connectivity index (χ1v) is 5.49. The topological polar surface area (TPSA) is 52.0 Å². The van der Waals surface area contributed by atoms with Crippen LogP contribution in [0, 0.1) is 0 Å². The molecule has 0 saturated heterocycles. The summed E-state index contributed by atoms with van der Waals surface area (Å²) in [7, 11) is 3.90. The minimum Gasteiger partial charge on any atom is -0.359 e. The highest BCUT2D eigenvalue weighted by Crippen LogP contribution is 2.01. The van der Waals surface area contributed by atoms with Gasteiger partial charge in [0.15, 0.2) is 5.96 Å². The summed E-state index contributed by atoms with van der Waals surface area (Å²) in [5, 5.41) is 6.16. The van der Waals surface area contributed by atoms with E-state index in [0.29, 0.717) is 0 Å². The van der Waals surface area contributed by atoms with E-state index in [9.17, 15) is 0 Å². The Kier molecular flexibility index (Phi) is 4.39. The van der Waals surface area contributed by atoms with E-state index in [1.165, 1.54) is 12.8 Å². The fraction of sp³-hybridized carbons (Fsp3) is 0.800. The molecule has 0 amide bonds. The van der Waals surface area contributed by atoms with Crippen LogP contribution >= 0.6 is 0 Å². The largest absolute Gasteiger partial charge is 0.359 e. The highest BCUT2D eigenvalue weighted by molar-refractivity contribution is 5.99. The lowest BCUT2D eigenvalue weighted by atomic mass is 10.3. The van der Waals surface area contributed by atoms with Gasteiger partial charge in [0.25, 0.3) is 0 Å². The van der Waals surface area contributed by atoms with Crippen LogP contribution in [0.1, 0.15) is 26.7 Å². The number of rotatable bonds is 3. The second-order valence-electron chi connectivity index (χ2n) is 3.71. The first-order chi connectivity index (χ1) is 7.17. The molecule has 1 atom stereocenters. The molecule has 0 aliphatic carbocycles. The summed E-state index contributed by atoms with van der Waals surface area (Å²) in [5.74, 6) is 1.69. The molecule has 1 rings (SSSR count). The predicted octanol–water partition coefficient (Wildman–Crippen LogP) is 0.599. The molecule has 1 unspecified atom stereocenters. The quantitative estimate of drug-likeness (QED) is 0.718. The molecule has 86 valence electrons. The van der Waals surface area contributed by atoms with E-state index in [2.05, 4.69) is 32.4 Å². The number of hydrogen-bond donors (Lipinski definition) is 2. The first-order valence-electron chi connectivity index (χ1n) is 5.49. The number of nitrogens with one attached hydrogen (secondary N) is 2. The van der Waals surface area contributed by atoms with E-state index < -0.39 is 0 Å². The zero-order valence-electron chi connectivity index (χ0n) is 10.0. The van der Waals surface area contributed by atoms with Crippen molar-refractivity contribution in [3.05, 3.63) is 0 Å². The van der Waals surface area contributed by atoms with Crippen molar-refractivity contribution in [2.24, 2.45) is 9.98 Å². The number of unbranched alkanes of at least 4 members (excludes halogenated alkanes) is 1. The van der Waals surface area contributed by atoms with Gasteiger partial charge in [0.1, 0.15) is 6.17 Å². The summed E-state index contributed by atoms with van der Waals surface area (Å²) in [5.41, 5.74) is 0. The van der Waals surface area contributed by atoms with E-state index in [1.807, 2.05) is 21.0 Å². The van der Waals surface area contributed by atoms with Gasteiger partial charge in [-0.15, -0.1) is 0 Å². The molecule has 0 aromatic rings. The van der Waals surface area contributed by atoms with Crippen LogP contribution in [0.3, 0.4) is 0 Å². The fourth-order valence-corrected chi connectivity index (χ4v) is 1.39. The lowest BCUT2D eigenvalue weighted by molar-refractivity contribution is 0.465. The second kappa shape index (κ2) is 5.58. The molecule has 2 N–H and O–H groups in total. The van der Waals surface area contributed by atoms with E-state index in [4.69, 9.17) is 0 Å². The van der Waals surface area contributed by atoms with Gasteiger partial charge >= 0.3 is 0 Å². The van der Waals surface area contributed by atoms with Crippen LogP contribution in [0.15, 0.2) is 9.98 Å². The van der Waals surface area contributed by atoms with Gasteiger partial charge in [0.05, 0.1) is 0 Å². The smallest absolute Gasteiger partial charge is 0.202 e. The van der Waals surface area contributed by atoms with Crippen molar-refractivity contribution in [2.75, 3.05) is 20.6 Å². The average molecular weight is 211 g/mol. The molecule has 0 aromatic carbocycles. The number of nitrogens with zero attached hydrogens (tertiary/aromatic N) is 3. The predicted molar refractivity (Wildman–Crippen MR) is 64.1 cm³/mol. The maximum atomic E-state index is 4.44. The normalized spacial score (nSPS) is 20.1. The van der Waals surface area contributed by atoms with Crippen molar-refractivity contribution >= 4 is 11.9 Å². The Balaban J connectivity index is 2.55. The van der Waals surface area contributed by atoms with Gasteiger partial charge in [-0.1, -0.05) is 13.3 Å². The third kappa shape index (κ3) is 3.42. The van der Waals surface area contributed by atoms with Gasteiger partial charge in [-0.05, 0) is 13.3 Å². The molecule has 0 saturated carbocycles. The highest BCUT2D eigenvalue weighted by Gasteiger charge is 2.14. The van der Waals surface area contributed by atoms with Crippen molar-refractivity contribution in [3.63, 3.8) is 0 Å². The molecular formula is C10H21N5. The zero-order valence-corrected chi connectivity index (χ0v) is 10.0. The summed E-state index contributed by atoms with van der Waals surface area (Å²) in [6, 6.07) is 0. The maximum Gasteiger partial charge on any atom is 0.202 e. The summed E-state index contributed by atoms with van der Waals surface area (Å²) in [4.78, 5) is 10.9. The molecule has 15 heavy (non-hydrogen) atoms. The molecule has 0 spiro atoms. The third-order valence-corrected chi connectivity index (χ3v) is 2.30. The minimum atomic E-state index is -0.00669. The molecule has 0 bridgehead atoms. The van der Waals surface area contributed by atoms with Crippen molar-refractivity contribution in [3.8, 4) is 0 Å². The number of hydrogen-bond acceptors (Lipinski definition) is 5. The number of guanidine groups is 2. The van der Waals surface area contributed by atoms with Crippen LogP contribution in [-0.2, 0) is 0 Å². The van der Waals surface area contributed by atoms with E-state index in [-0.39, 0.29) is 6.17 Å². The molecule has 0 fully saturated rings. The molecule has 5 nitrogen and oxygen atoms in total. The van der Waals surface area contributed by atoms with Crippen LogP contribution in [0.25, 0.3) is 0 Å². The van der Waals surface area contributed by atoms with E-state index in [1.54, 1.807) is 0 Å². The fourth-order valence-electron chi connectivity index (χ4n) is 1.39. The van der Waals surface area contributed by atoms with Gasteiger partial charge in [-0.25, -0.2) is 9.98 Å². The van der Waals surface area contributed by atoms with Crippen molar-refractivity contribution in [1.82, 2.24) is 15.5 Å². The van der Waals surface area contributed by atoms with Crippen LogP contribution in [0.5, 0.6) is 0 Å². The summed E-state index contributed by atoms with van der Waals surface area (Å²) in [6.45, 7) is 5.19. The Morgan fingerprint density at radius 3 is 2.80 bits per heavy atom. The highest BCUT2D eigenvalue weighted by atomic mass is 15.4. The standard InChI is InChI=1S/C10H21N5/c1-5-6-7-15(4)10-13-8(2)12-9(11-3)14-10/h8H,5-7H2,1-4H3,(H2,11,12,13,14). The summed E-state index contributed by atoms with van der Waals surface area (Å²) in [6.07, 6.45) is 2.37. The molecule has 0 radical (unpaired) electrons. The van der Waals surface area contributed by atoms with Crippen molar-refractivity contribution in [1.29, 1.82) is 0 Å². The Bertz CT molecular complexity index is 259. The lowest BCUT2D eigenvalue weighted by Gasteiger charge is -2.26. The lowest BCUT2D eigenvalue weighted by Crippen LogP contribution is -2.49. The Hall–Kier alpha value is -1.26. The molecule has 5 heteroatoms. The van der Waals surface area contributed by atoms with Crippen molar-refractivity contribution < 1.29 is 0 Å². The van der Waals surface area contributed by atoms with Gasteiger partial charge in [-0.3, -0.25) is 5.32 Å². The SMILES string of the molecule is CCCCN(C)C1=NC(C)N=C(NC)N1. The monoisotopic (exact) mass is 211 g/mol. The third-order valence-electron chi connectivity index (χ3n) is 2.30. The molecule has 0 aromatic heterocycles. The average Bonchev–Trinajstić information content (AvgIpc) is 2.24. The van der Waals surface area contributed by atoms with Gasteiger partial charge in [-0.2, -0.15) is 0 Å². The minimum absolute atomic E-state index is 0.00669. The van der Waals surface area contributed by atoms with Crippen LogP contribution < -0.4 is 10.6 Å². The maximum absolute atomic E-state index is 4.44. The van der Waals surface area contributed by atoms with Crippen LogP contribution in [0.2, 0.25) is 0 Å². The van der Waals surface area contributed by atoms with Gasteiger partial charge in [0, 0.05) is 20.6 Å². The van der Waals surface area contributed by atoms with Gasteiger partial charge < -0.3 is 10.2 Å². The first kappa shape index (κ1) is 11.8. The van der Waals surface area contributed by atoms with E-state index in [0.717, 1.165) is 18.5 Å². The van der Waals surface area contributed by atoms with Crippen molar-refractivity contribution in [2.45, 2.75) is 32.9 Å². The summed E-state index contributed by atoms with van der Waals surface area (Å²) < 4.78 is 0. The Morgan fingerprint density at radius 2 is 2.20 bits per heavy atom. The number of aliphatic imine (C=N–C) groups is 2. The van der Waals surface area contributed by atoms with Crippen LogP contribution in [-0.4, -0.2) is 43.6 Å². The zero-order chi connectivity index (χ0) is 11.3. The molecular weight excluding hydrogens is 190 g/mol. The van der Waals surface area contributed by atoms with Gasteiger partial charge in [0.2, 0.25) is 5.96 Å². The Labute approximate surface area is 91.7 Å². The summed E-state index contributed by atoms with van der Waals surface area (Å²) >= 11 is 0. The van der Waals surface area contributed by atoms with E-state index >= 15 is 0 Å². The Morgan fingerprint density at radius 1 is 1.47 bits per heavy atom. The molecule has 1 heterocycles. The molecule has 1 aliphatic rings. The molecule has 1 aliphatic heterocycles. The van der Waals surface area contributed by atoms with Crippen LogP contribution in [0.4, 0.5) is 0 Å². The second-order valence-corrected chi connectivity index (χ2v) is 3.71.